The number of aliphatic hydroxyl groups is 8. The molecular weight excluding hydrogens is 302 g/mol. The lowest BCUT2D eigenvalue weighted by atomic mass is 10.0. The SMILES string of the molecule is O=C[C@H](O)[C@@H](O)[C@H](O)[C@H](O)CN1C[C@@H](O)[C@@H](O)[C@H](O)[C@@H](O)C1. The number of β-amino-alcohol motifs (C(OH)–C–C–N with tert-alkyl or cyclic N) is 3. The van der Waals surface area contributed by atoms with E-state index in [9.17, 15) is 40.5 Å². The molecule has 0 unspecified atom stereocenters. The van der Waals surface area contributed by atoms with E-state index in [0.717, 1.165) is 0 Å². The Kier molecular flexibility index (Phi) is 7.25. The molecule has 10 nitrogen and oxygen atoms in total. The van der Waals surface area contributed by atoms with Crippen LogP contribution in [0.1, 0.15) is 0 Å². The summed E-state index contributed by atoms with van der Waals surface area (Å²) in [6, 6.07) is 0. The smallest absolute Gasteiger partial charge is 0.151 e. The fourth-order valence-corrected chi connectivity index (χ4v) is 2.31. The van der Waals surface area contributed by atoms with Crippen molar-refractivity contribution < 1.29 is 45.6 Å². The van der Waals surface area contributed by atoms with Gasteiger partial charge < -0.3 is 45.6 Å². The zero-order valence-corrected chi connectivity index (χ0v) is 11.8. The van der Waals surface area contributed by atoms with E-state index in [1.165, 1.54) is 4.90 Å². The van der Waals surface area contributed by atoms with Crippen molar-refractivity contribution in [3.63, 3.8) is 0 Å². The third kappa shape index (κ3) is 4.65. The highest BCUT2D eigenvalue weighted by Crippen LogP contribution is 2.15. The summed E-state index contributed by atoms with van der Waals surface area (Å²) >= 11 is 0. The summed E-state index contributed by atoms with van der Waals surface area (Å²) in [5, 5.41) is 76.4. The van der Waals surface area contributed by atoms with Crippen LogP contribution in [-0.2, 0) is 4.79 Å². The second-order valence-corrected chi connectivity index (χ2v) is 5.51. The average Bonchev–Trinajstić information content (AvgIpc) is 2.57. The maximum absolute atomic E-state index is 10.3. The molecule has 1 aliphatic heterocycles. The second kappa shape index (κ2) is 8.24. The topological polar surface area (TPSA) is 182 Å². The lowest BCUT2D eigenvalue weighted by Crippen LogP contribution is -2.50. The van der Waals surface area contributed by atoms with E-state index in [1.54, 1.807) is 0 Å². The van der Waals surface area contributed by atoms with Crippen LogP contribution in [-0.4, -0.2) is 121 Å². The van der Waals surface area contributed by atoms with Gasteiger partial charge in [0.25, 0.3) is 0 Å². The molecule has 0 aliphatic carbocycles. The molecule has 0 radical (unpaired) electrons. The van der Waals surface area contributed by atoms with Crippen LogP contribution in [0.4, 0.5) is 0 Å². The highest BCUT2D eigenvalue weighted by molar-refractivity contribution is 5.56. The monoisotopic (exact) mass is 325 g/mol. The quantitative estimate of drug-likeness (QED) is 0.219. The molecule has 8 atom stereocenters. The van der Waals surface area contributed by atoms with Crippen LogP contribution in [0.2, 0.25) is 0 Å². The van der Waals surface area contributed by atoms with Gasteiger partial charge in [0.2, 0.25) is 0 Å². The van der Waals surface area contributed by atoms with Crippen molar-refractivity contribution in [3.05, 3.63) is 0 Å². The minimum absolute atomic E-state index is 0.00671. The maximum Gasteiger partial charge on any atom is 0.151 e. The Morgan fingerprint density at radius 1 is 0.909 bits per heavy atom. The standard InChI is InChI=1S/C12H23NO9/c14-4-8(18)12(22)11(21)7(17)3-13-1-5(15)9(19)10(20)6(16)2-13/h4-12,15-22H,1-3H2/t5-,6+,7-,8+,9-,10-,11-,12-/m1/s1. The molecule has 0 saturated carbocycles. The Morgan fingerprint density at radius 3 is 1.77 bits per heavy atom. The molecule has 8 N–H and O–H groups in total. The summed E-state index contributed by atoms with van der Waals surface area (Å²) in [5.74, 6) is 0. The molecule has 1 fully saturated rings. The molecule has 1 rings (SSSR count). The molecule has 10 heteroatoms. The van der Waals surface area contributed by atoms with Gasteiger partial charge in [0.05, 0.1) is 18.3 Å². The van der Waals surface area contributed by atoms with Gasteiger partial charge in [-0.1, -0.05) is 0 Å². The summed E-state index contributed by atoms with van der Waals surface area (Å²) in [7, 11) is 0. The van der Waals surface area contributed by atoms with Crippen molar-refractivity contribution in [2.45, 2.75) is 48.8 Å². The van der Waals surface area contributed by atoms with Gasteiger partial charge in [-0.25, -0.2) is 0 Å². The van der Waals surface area contributed by atoms with Gasteiger partial charge in [0.15, 0.2) is 6.29 Å². The van der Waals surface area contributed by atoms with Crippen LogP contribution in [0.3, 0.4) is 0 Å². The Labute approximate surface area is 126 Å². The van der Waals surface area contributed by atoms with E-state index in [0.29, 0.717) is 0 Å². The fraction of sp³-hybridized carbons (Fsp3) is 0.917. The Bertz CT molecular complexity index is 341. The third-order valence-electron chi connectivity index (χ3n) is 3.71. The molecule has 1 saturated heterocycles. The number of carbonyl (C=O) groups excluding carboxylic acids is 1. The first-order valence-electron chi connectivity index (χ1n) is 6.81. The van der Waals surface area contributed by atoms with E-state index in [4.69, 9.17) is 5.11 Å². The molecule has 0 aromatic heterocycles. The lowest BCUT2D eigenvalue weighted by Gasteiger charge is -2.30. The van der Waals surface area contributed by atoms with E-state index >= 15 is 0 Å². The number of hydrogen-bond acceptors (Lipinski definition) is 10. The minimum atomic E-state index is -1.90. The molecule has 0 aromatic carbocycles. The number of carbonyl (C=O) groups is 1. The van der Waals surface area contributed by atoms with Crippen molar-refractivity contribution in [1.29, 1.82) is 0 Å². The Hall–Kier alpha value is -0.690. The summed E-state index contributed by atoms with van der Waals surface area (Å²) in [6.45, 7) is -0.742. The van der Waals surface area contributed by atoms with Crippen molar-refractivity contribution in [1.82, 2.24) is 4.90 Å². The maximum atomic E-state index is 10.3. The van der Waals surface area contributed by atoms with Crippen LogP contribution < -0.4 is 0 Å². The average molecular weight is 325 g/mol. The van der Waals surface area contributed by atoms with Gasteiger partial charge >= 0.3 is 0 Å². The van der Waals surface area contributed by atoms with E-state index in [1.807, 2.05) is 0 Å². The van der Waals surface area contributed by atoms with Crippen molar-refractivity contribution >= 4 is 6.29 Å². The first-order valence-corrected chi connectivity index (χ1v) is 6.81. The number of nitrogens with zero attached hydrogens (tertiary/aromatic N) is 1. The molecule has 0 bridgehead atoms. The predicted octanol–water partition coefficient (Wildman–Crippen LogP) is -5.61. The van der Waals surface area contributed by atoms with Gasteiger partial charge in [0.1, 0.15) is 30.5 Å². The number of aliphatic hydroxyl groups excluding tert-OH is 8. The van der Waals surface area contributed by atoms with E-state index in [-0.39, 0.29) is 25.9 Å². The van der Waals surface area contributed by atoms with Gasteiger partial charge in [-0.2, -0.15) is 0 Å². The van der Waals surface area contributed by atoms with Gasteiger partial charge in [-0.05, 0) is 0 Å². The van der Waals surface area contributed by atoms with Crippen LogP contribution in [0.25, 0.3) is 0 Å². The van der Waals surface area contributed by atoms with Crippen LogP contribution in [0.5, 0.6) is 0 Å². The molecular formula is C12H23NO9. The highest BCUT2D eigenvalue weighted by atomic mass is 16.4. The first kappa shape index (κ1) is 19.4. The van der Waals surface area contributed by atoms with Gasteiger partial charge in [-0.15, -0.1) is 0 Å². The predicted molar refractivity (Wildman–Crippen MR) is 70.6 cm³/mol. The summed E-state index contributed by atoms with van der Waals surface area (Å²) < 4.78 is 0. The first-order chi connectivity index (χ1) is 10.2. The summed E-state index contributed by atoms with van der Waals surface area (Å²) in [6.07, 6.45) is -13.1. The third-order valence-corrected chi connectivity index (χ3v) is 3.71. The van der Waals surface area contributed by atoms with Crippen molar-refractivity contribution in [2.24, 2.45) is 0 Å². The van der Waals surface area contributed by atoms with Crippen molar-refractivity contribution in [3.8, 4) is 0 Å². The zero-order chi connectivity index (χ0) is 17.0. The number of rotatable bonds is 6. The van der Waals surface area contributed by atoms with Crippen LogP contribution >= 0.6 is 0 Å². The molecule has 1 aliphatic rings. The molecule has 0 spiro atoms. The fourth-order valence-electron chi connectivity index (χ4n) is 2.31. The minimum Gasteiger partial charge on any atom is -0.389 e. The number of aldehydes is 1. The molecule has 0 aromatic rings. The van der Waals surface area contributed by atoms with Crippen molar-refractivity contribution in [2.75, 3.05) is 19.6 Å². The van der Waals surface area contributed by atoms with Gasteiger partial charge in [0, 0.05) is 19.6 Å². The zero-order valence-electron chi connectivity index (χ0n) is 11.8. The molecule has 22 heavy (non-hydrogen) atoms. The number of hydrogen-bond donors (Lipinski definition) is 8. The van der Waals surface area contributed by atoms with E-state index in [2.05, 4.69) is 0 Å². The molecule has 130 valence electrons. The number of likely N-dealkylation sites (tertiary alicyclic amines) is 1. The lowest BCUT2D eigenvalue weighted by molar-refractivity contribution is -0.135. The Balaban J connectivity index is 2.66. The Morgan fingerprint density at radius 2 is 1.36 bits per heavy atom. The van der Waals surface area contributed by atoms with Gasteiger partial charge in [-0.3, -0.25) is 4.90 Å². The van der Waals surface area contributed by atoms with Crippen LogP contribution in [0, 0.1) is 0 Å². The van der Waals surface area contributed by atoms with E-state index < -0.39 is 48.8 Å². The largest absolute Gasteiger partial charge is 0.389 e. The second-order valence-electron chi connectivity index (χ2n) is 5.51. The normalized spacial score (nSPS) is 36.2. The summed E-state index contributed by atoms with van der Waals surface area (Å²) in [5.41, 5.74) is 0. The van der Waals surface area contributed by atoms with Crippen LogP contribution in [0.15, 0.2) is 0 Å². The molecule has 0 amide bonds. The summed E-state index contributed by atoms with van der Waals surface area (Å²) in [4.78, 5) is 11.6. The highest BCUT2D eigenvalue weighted by Gasteiger charge is 2.38. The molecule has 1 heterocycles.